The Balaban J connectivity index is 2.18. The zero-order chi connectivity index (χ0) is 13.2. The minimum atomic E-state index is -0.243. The molecular weight excluding hydrogens is 314 g/mol. The molecule has 1 N–H and O–H groups in total. The normalized spacial score (nSPS) is 16.8. The van der Waals surface area contributed by atoms with Crippen LogP contribution >= 0.6 is 27.7 Å². The Hall–Kier alpha value is -0.680. The first-order chi connectivity index (χ1) is 8.61. The van der Waals surface area contributed by atoms with Crippen molar-refractivity contribution in [2.45, 2.75) is 24.0 Å². The van der Waals surface area contributed by atoms with E-state index in [4.69, 9.17) is 4.74 Å². The Morgan fingerprint density at radius 2 is 2.22 bits per heavy atom. The van der Waals surface area contributed by atoms with E-state index in [2.05, 4.69) is 21.2 Å². The van der Waals surface area contributed by atoms with Crippen LogP contribution in [0.5, 0.6) is 5.75 Å². The lowest BCUT2D eigenvalue weighted by molar-refractivity contribution is -0.120. The molecule has 1 fully saturated rings. The number of anilines is 1. The van der Waals surface area contributed by atoms with Gasteiger partial charge in [0.05, 0.1) is 17.5 Å². The van der Waals surface area contributed by atoms with E-state index in [0.717, 1.165) is 29.4 Å². The van der Waals surface area contributed by atoms with Crippen LogP contribution in [0.2, 0.25) is 0 Å². The van der Waals surface area contributed by atoms with Gasteiger partial charge in [-0.1, -0.05) is 15.9 Å². The Kier molecular flexibility index (Phi) is 4.22. The van der Waals surface area contributed by atoms with Gasteiger partial charge in [0.15, 0.2) is 0 Å². The van der Waals surface area contributed by atoms with E-state index >= 15 is 0 Å². The molecule has 0 spiro atoms. The van der Waals surface area contributed by atoms with Crippen LogP contribution in [-0.2, 0) is 4.79 Å². The SMILES string of the molecule is COc1ccc(Br)cc1NC(=O)C1(SC)CCC1. The molecule has 1 aromatic rings. The monoisotopic (exact) mass is 329 g/mol. The summed E-state index contributed by atoms with van der Waals surface area (Å²) in [6.45, 7) is 0. The van der Waals surface area contributed by atoms with Crippen molar-refractivity contribution >= 4 is 39.3 Å². The zero-order valence-electron chi connectivity index (χ0n) is 10.5. The highest BCUT2D eigenvalue weighted by atomic mass is 79.9. The lowest BCUT2D eigenvalue weighted by Crippen LogP contribution is -2.45. The molecule has 0 bridgehead atoms. The standard InChI is InChI=1S/C13H16BrNO2S/c1-17-11-5-4-9(14)8-10(11)15-12(16)13(18-2)6-3-7-13/h4-5,8H,3,6-7H2,1-2H3,(H,15,16). The van der Waals surface area contributed by atoms with Crippen molar-refractivity contribution < 1.29 is 9.53 Å². The fourth-order valence-electron chi connectivity index (χ4n) is 2.04. The second kappa shape index (κ2) is 5.53. The zero-order valence-corrected chi connectivity index (χ0v) is 12.9. The molecule has 1 aromatic carbocycles. The summed E-state index contributed by atoms with van der Waals surface area (Å²) in [5.74, 6) is 0.764. The van der Waals surface area contributed by atoms with Crippen LogP contribution in [0.3, 0.4) is 0 Å². The first-order valence-electron chi connectivity index (χ1n) is 5.81. The Morgan fingerprint density at radius 3 is 2.72 bits per heavy atom. The average molecular weight is 330 g/mol. The van der Waals surface area contributed by atoms with Crippen LogP contribution in [0, 0.1) is 0 Å². The lowest BCUT2D eigenvalue weighted by atomic mass is 9.83. The molecule has 1 amide bonds. The maximum Gasteiger partial charge on any atom is 0.240 e. The van der Waals surface area contributed by atoms with Gasteiger partial charge >= 0.3 is 0 Å². The third-order valence-electron chi connectivity index (χ3n) is 3.38. The number of nitrogens with one attached hydrogen (secondary N) is 1. The fraction of sp³-hybridized carbons (Fsp3) is 0.462. The van der Waals surface area contributed by atoms with Crippen molar-refractivity contribution in [2.75, 3.05) is 18.7 Å². The largest absolute Gasteiger partial charge is 0.495 e. The van der Waals surface area contributed by atoms with Gasteiger partial charge in [0.2, 0.25) is 5.91 Å². The number of thioether (sulfide) groups is 1. The molecule has 3 nitrogen and oxygen atoms in total. The molecule has 1 aliphatic carbocycles. The molecule has 2 rings (SSSR count). The highest BCUT2D eigenvalue weighted by molar-refractivity contribution is 9.10. The number of rotatable bonds is 4. The third kappa shape index (κ3) is 2.52. The van der Waals surface area contributed by atoms with Crippen molar-refractivity contribution in [2.24, 2.45) is 0 Å². The summed E-state index contributed by atoms with van der Waals surface area (Å²) in [6.07, 6.45) is 5.04. The smallest absolute Gasteiger partial charge is 0.240 e. The first kappa shape index (κ1) is 13.7. The first-order valence-corrected chi connectivity index (χ1v) is 7.83. The minimum absolute atomic E-state index is 0.0812. The van der Waals surface area contributed by atoms with Gasteiger partial charge in [-0.05, 0) is 43.7 Å². The second-order valence-corrected chi connectivity index (χ2v) is 6.46. The van der Waals surface area contributed by atoms with Crippen LogP contribution < -0.4 is 10.1 Å². The molecular formula is C13H16BrNO2S. The quantitative estimate of drug-likeness (QED) is 0.915. The number of hydrogen-bond donors (Lipinski definition) is 1. The van der Waals surface area contributed by atoms with E-state index in [1.165, 1.54) is 0 Å². The van der Waals surface area contributed by atoms with Crippen molar-refractivity contribution in [3.63, 3.8) is 0 Å². The molecule has 1 aliphatic rings. The van der Waals surface area contributed by atoms with Crippen LogP contribution in [0.25, 0.3) is 0 Å². The van der Waals surface area contributed by atoms with Gasteiger partial charge in [0, 0.05) is 4.47 Å². The summed E-state index contributed by atoms with van der Waals surface area (Å²) >= 11 is 5.04. The van der Waals surface area contributed by atoms with Crippen LogP contribution in [-0.4, -0.2) is 24.0 Å². The molecule has 0 heterocycles. The maximum absolute atomic E-state index is 12.3. The summed E-state index contributed by atoms with van der Waals surface area (Å²) in [5.41, 5.74) is 0.720. The lowest BCUT2D eigenvalue weighted by Gasteiger charge is -2.38. The van der Waals surface area contributed by atoms with Crippen molar-refractivity contribution in [3.8, 4) is 5.75 Å². The van der Waals surface area contributed by atoms with Gasteiger partial charge < -0.3 is 10.1 Å². The van der Waals surface area contributed by atoms with E-state index in [1.807, 2.05) is 24.5 Å². The average Bonchev–Trinajstić information content (AvgIpc) is 2.28. The minimum Gasteiger partial charge on any atom is -0.495 e. The molecule has 0 aliphatic heterocycles. The maximum atomic E-state index is 12.3. The van der Waals surface area contributed by atoms with Gasteiger partial charge in [-0.15, -0.1) is 11.8 Å². The Morgan fingerprint density at radius 1 is 1.50 bits per heavy atom. The molecule has 0 unspecified atom stereocenters. The molecule has 0 saturated heterocycles. The topological polar surface area (TPSA) is 38.3 Å². The van der Waals surface area contributed by atoms with E-state index < -0.39 is 0 Å². The Bertz CT molecular complexity index is 455. The number of carbonyl (C=O) groups is 1. The second-order valence-electron chi connectivity index (χ2n) is 4.35. The summed E-state index contributed by atoms with van der Waals surface area (Å²) < 4.78 is 5.94. The molecule has 98 valence electrons. The summed E-state index contributed by atoms with van der Waals surface area (Å²) in [5, 5.41) is 2.98. The van der Waals surface area contributed by atoms with Gasteiger partial charge in [-0.3, -0.25) is 4.79 Å². The van der Waals surface area contributed by atoms with E-state index in [9.17, 15) is 4.79 Å². The molecule has 0 aromatic heterocycles. The number of methoxy groups -OCH3 is 1. The van der Waals surface area contributed by atoms with E-state index in [-0.39, 0.29) is 10.7 Å². The molecule has 0 radical (unpaired) electrons. The van der Waals surface area contributed by atoms with E-state index in [0.29, 0.717) is 5.75 Å². The van der Waals surface area contributed by atoms with Crippen LogP contribution in [0.15, 0.2) is 22.7 Å². The summed E-state index contributed by atoms with van der Waals surface area (Å²) in [4.78, 5) is 12.3. The molecule has 5 heteroatoms. The highest BCUT2D eigenvalue weighted by Gasteiger charge is 2.43. The van der Waals surface area contributed by atoms with Crippen LogP contribution in [0.4, 0.5) is 5.69 Å². The highest BCUT2D eigenvalue weighted by Crippen LogP contribution is 2.44. The third-order valence-corrected chi connectivity index (χ3v) is 5.24. The van der Waals surface area contributed by atoms with Crippen LogP contribution in [0.1, 0.15) is 19.3 Å². The predicted octanol–water partition coefficient (Wildman–Crippen LogP) is 3.68. The van der Waals surface area contributed by atoms with Gasteiger partial charge in [-0.2, -0.15) is 0 Å². The predicted molar refractivity (Wildman–Crippen MR) is 79.4 cm³/mol. The van der Waals surface area contributed by atoms with Gasteiger partial charge in [0.1, 0.15) is 5.75 Å². The fourth-order valence-corrected chi connectivity index (χ4v) is 3.33. The number of ether oxygens (including phenoxy) is 1. The van der Waals surface area contributed by atoms with Gasteiger partial charge in [-0.25, -0.2) is 0 Å². The molecule has 0 atom stereocenters. The van der Waals surface area contributed by atoms with Crippen molar-refractivity contribution in [3.05, 3.63) is 22.7 Å². The number of amides is 1. The van der Waals surface area contributed by atoms with E-state index in [1.54, 1.807) is 18.9 Å². The number of benzene rings is 1. The van der Waals surface area contributed by atoms with Gasteiger partial charge in [0.25, 0.3) is 0 Å². The molecule has 18 heavy (non-hydrogen) atoms. The summed E-state index contributed by atoms with van der Waals surface area (Å²) in [6, 6.07) is 5.60. The number of carbonyl (C=O) groups excluding carboxylic acids is 1. The van der Waals surface area contributed by atoms with Crippen molar-refractivity contribution in [1.29, 1.82) is 0 Å². The Labute approximate surface area is 120 Å². The molecule has 1 saturated carbocycles. The number of hydrogen-bond acceptors (Lipinski definition) is 3. The summed E-state index contributed by atoms with van der Waals surface area (Å²) in [7, 11) is 1.60. The number of halogens is 1. The van der Waals surface area contributed by atoms with Crippen molar-refractivity contribution in [1.82, 2.24) is 0 Å².